The van der Waals surface area contributed by atoms with Crippen molar-refractivity contribution in [3.8, 4) is 0 Å². The van der Waals surface area contributed by atoms with Gasteiger partial charge in [-0.05, 0) is 0 Å². The van der Waals surface area contributed by atoms with Crippen molar-refractivity contribution in [2.45, 2.75) is 24.2 Å². The van der Waals surface area contributed by atoms with E-state index in [-0.39, 0.29) is 0 Å². The van der Waals surface area contributed by atoms with Crippen LogP contribution in [0, 0.1) is 0 Å². The van der Waals surface area contributed by atoms with Crippen molar-refractivity contribution in [1.29, 1.82) is 0 Å². The van der Waals surface area contributed by atoms with Crippen molar-refractivity contribution in [3.05, 3.63) is 0 Å². The van der Waals surface area contributed by atoms with Crippen LogP contribution in [0.4, 0.5) is 0 Å². The molecule has 7 nitrogen and oxygen atoms in total. The molecule has 0 fully saturated rings. The number of hydrogen-bond donors (Lipinski definition) is 7. The minimum absolute atomic E-state index is 1.69. The molecule has 0 saturated heterocycles. The first-order valence-electron chi connectivity index (χ1n) is 2.93. The maximum atomic E-state index is 8.78. The summed E-state index contributed by atoms with van der Waals surface area (Å²) in [7, 11) is 0. The Kier molecular flexibility index (Phi) is 3.32. The van der Waals surface area contributed by atoms with Crippen molar-refractivity contribution in [3.63, 3.8) is 0 Å². The molecule has 0 bridgehead atoms. The first kappa shape index (κ1) is 10.7. The molecule has 0 amide bonds. The molecule has 3 atom stereocenters. The fraction of sp³-hybridized carbons (Fsp3) is 1.00. The zero-order valence-electron chi connectivity index (χ0n) is 5.88. The van der Waals surface area contributed by atoms with E-state index in [1.807, 2.05) is 0 Å². The Bertz CT molecular complexity index is 105. The number of aliphatic hydroxyl groups is 3. The summed E-state index contributed by atoms with van der Waals surface area (Å²) >= 11 is 0. The number of rotatable bonds is 3. The van der Waals surface area contributed by atoms with Crippen LogP contribution in [0.25, 0.3) is 0 Å². The molecule has 11 heavy (non-hydrogen) atoms. The molecule has 0 radical (unpaired) electrons. The highest BCUT2D eigenvalue weighted by molar-refractivity contribution is 4.96. The van der Waals surface area contributed by atoms with Crippen LogP contribution < -0.4 is 22.9 Å². The molecular formula is C4H14N4O3. The lowest BCUT2D eigenvalue weighted by atomic mass is 9.95. The first-order valence-corrected chi connectivity index (χ1v) is 2.93. The largest absolute Gasteiger partial charge is 0.377 e. The van der Waals surface area contributed by atoms with Crippen molar-refractivity contribution in [1.82, 2.24) is 0 Å². The van der Waals surface area contributed by atoms with Gasteiger partial charge in [0.05, 0.1) is 0 Å². The van der Waals surface area contributed by atoms with Crippen molar-refractivity contribution < 1.29 is 15.3 Å². The Hall–Kier alpha value is -0.280. The molecule has 0 aliphatic heterocycles. The smallest absolute Gasteiger partial charge is 0.134 e. The van der Waals surface area contributed by atoms with Crippen LogP contribution in [0.15, 0.2) is 0 Å². The Morgan fingerprint density at radius 3 is 1.00 bits per heavy atom. The van der Waals surface area contributed by atoms with E-state index < -0.39 is 24.2 Å². The molecule has 0 aromatic carbocycles. The van der Waals surface area contributed by atoms with Crippen LogP contribution in [0.1, 0.15) is 0 Å². The minimum Gasteiger partial charge on any atom is -0.377 e. The van der Waals surface area contributed by atoms with Crippen molar-refractivity contribution in [2.24, 2.45) is 22.9 Å². The third kappa shape index (κ3) is 1.84. The van der Waals surface area contributed by atoms with Gasteiger partial charge in [0.25, 0.3) is 0 Å². The maximum Gasteiger partial charge on any atom is 0.134 e. The Balaban J connectivity index is 4.53. The monoisotopic (exact) mass is 166 g/mol. The molecule has 11 N–H and O–H groups in total. The molecule has 0 aliphatic rings. The molecule has 0 saturated carbocycles. The second-order valence-corrected chi connectivity index (χ2v) is 2.33. The van der Waals surface area contributed by atoms with E-state index in [1.165, 1.54) is 0 Å². The van der Waals surface area contributed by atoms with Gasteiger partial charge in [-0.2, -0.15) is 0 Å². The van der Waals surface area contributed by atoms with E-state index in [0.29, 0.717) is 0 Å². The van der Waals surface area contributed by atoms with Gasteiger partial charge in [-0.1, -0.05) is 0 Å². The average Bonchev–Trinajstić information content (AvgIpc) is 1.84. The van der Waals surface area contributed by atoms with E-state index in [9.17, 15) is 0 Å². The molecule has 0 heterocycles. The Labute approximate surface area is 63.6 Å². The summed E-state index contributed by atoms with van der Waals surface area (Å²) in [6, 6.07) is 0. The molecule has 0 rings (SSSR count). The Morgan fingerprint density at radius 2 is 1.00 bits per heavy atom. The highest BCUT2D eigenvalue weighted by Gasteiger charge is 2.42. The summed E-state index contributed by atoms with van der Waals surface area (Å²) in [6.45, 7) is 0. The SMILES string of the molecule is NC(O)C(N)(C(N)O)C(N)O. The standard InChI is InChI=1S/C4H14N4O3/c5-1(9)4(8,2(6)10)3(7)11/h1-3,9-11H,5-8H2. The molecule has 68 valence electrons. The summed E-state index contributed by atoms with van der Waals surface area (Å²) in [5.41, 5.74) is 18.0. The fourth-order valence-electron chi connectivity index (χ4n) is 0.525. The zero-order valence-corrected chi connectivity index (χ0v) is 5.88. The summed E-state index contributed by atoms with van der Waals surface area (Å²) < 4.78 is 0. The van der Waals surface area contributed by atoms with Gasteiger partial charge in [0, 0.05) is 0 Å². The van der Waals surface area contributed by atoms with Crippen LogP contribution >= 0.6 is 0 Å². The second-order valence-electron chi connectivity index (χ2n) is 2.33. The molecule has 7 heteroatoms. The topological polar surface area (TPSA) is 165 Å². The highest BCUT2D eigenvalue weighted by Crippen LogP contribution is 2.08. The predicted octanol–water partition coefficient (Wildman–Crippen LogP) is -4.48. The lowest BCUT2D eigenvalue weighted by molar-refractivity contribution is -0.0721. The van der Waals surface area contributed by atoms with E-state index in [1.54, 1.807) is 0 Å². The van der Waals surface area contributed by atoms with Crippen molar-refractivity contribution >= 4 is 0 Å². The third-order valence-electron chi connectivity index (χ3n) is 1.54. The van der Waals surface area contributed by atoms with Crippen LogP contribution in [0.5, 0.6) is 0 Å². The van der Waals surface area contributed by atoms with Crippen molar-refractivity contribution in [2.75, 3.05) is 0 Å². The molecule has 0 aliphatic carbocycles. The lowest BCUT2D eigenvalue weighted by Crippen LogP contribution is -2.73. The molecular weight excluding hydrogens is 152 g/mol. The van der Waals surface area contributed by atoms with Crippen LogP contribution in [-0.2, 0) is 0 Å². The van der Waals surface area contributed by atoms with E-state index in [4.69, 9.17) is 38.3 Å². The van der Waals surface area contributed by atoms with Gasteiger partial charge in [0.2, 0.25) is 0 Å². The lowest BCUT2D eigenvalue weighted by Gasteiger charge is -2.36. The average molecular weight is 166 g/mol. The molecule has 0 spiro atoms. The maximum absolute atomic E-state index is 8.78. The van der Waals surface area contributed by atoms with Crippen LogP contribution in [0.3, 0.4) is 0 Å². The van der Waals surface area contributed by atoms with E-state index in [2.05, 4.69) is 0 Å². The fourth-order valence-corrected chi connectivity index (χ4v) is 0.525. The quantitative estimate of drug-likeness (QED) is 0.207. The minimum atomic E-state index is -2.00. The highest BCUT2D eigenvalue weighted by atomic mass is 16.3. The van der Waals surface area contributed by atoms with Gasteiger partial charge in [-0.15, -0.1) is 0 Å². The number of hydrogen-bond acceptors (Lipinski definition) is 7. The van der Waals surface area contributed by atoms with Crippen LogP contribution in [-0.4, -0.2) is 39.5 Å². The van der Waals surface area contributed by atoms with Gasteiger partial charge < -0.3 is 38.3 Å². The van der Waals surface area contributed by atoms with E-state index >= 15 is 0 Å². The first-order chi connectivity index (χ1) is 4.83. The van der Waals surface area contributed by atoms with Gasteiger partial charge in [-0.25, -0.2) is 0 Å². The molecule has 0 aromatic heterocycles. The third-order valence-corrected chi connectivity index (χ3v) is 1.54. The summed E-state index contributed by atoms with van der Waals surface area (Å²) in [5.74, 6) is 0. The number of aliphatic hydroxyl groups excluding tert-OH is 3. The van der Waals surface area contributed by atoms with Gasteiger partial charge >= 0.3 is 0 Å². The normalized spacial score (nSPS) is 25.4. The summed E-state index contributed by atoms with van der Waals surface area (Å²) in [4.78, 5) is 0. The predicted molar refractivity (Wildman–Crippen MR) is 37.5 cm³/mol. The zero-order chi connectivity index (χ0) is 9.23. The van der Waals surface area contributed by atoms with Gasteiger partial charge in [0.15, 0.2) is 0 Å². The van der Waals surface area contributed by atoms with Gasteiger partial charge in [-0.3, -0.25) is 0 Å². The summed E-state index contributed by atoms with van der Waals surface area (Å²) in [5, 5.41) is 26.4. The van der Waals surface area contributed by atoms with Crippen LogP contribution in [0.2, 0.25) is 0 Å². The summed E-state index contributed by atoms with van der Waals surface area (Å²) in [6.07, 6.45) is -5.08. The second kappa shape index (κ2) is 3.41. The molecule has 0 aromatic rings. The van der Waals surface area contributed by atoms with E-state index in [0.717, 1.165) is 0 Å². The van der Waals surface area contributed by atoms with Gasteiger partial charge in [0.1, 0.15) is 24.2 Å². The molecule has 3 unspecified atom stereocenters. The number of nitrogens with two attached hydrogens (primary N) is 4. The Morgan fingerprint density at radius 1 is 0.818 bits per heavy atom.